The number of nitrogens with zero attached hydrogens (tertiary/aromatic N) is 1. The van der Waals surface area contributed by atoms with Crippen molar-refractivity contribution in [2.24, 2.45) is 5.41 Å². The molecular formula is C17H21F3N2O2. The Balaban J connectivity index is 1.63. The van der Waals surface area contributed by atoms with Crippen LogP contribution in [0.25, 0.3) is 0 Å². The van der Waals surface area contributed by atoms with Crippen molar-refractivity contribution in [3.05, 3.63) is 35.4 Å². The lowest BCUT2D eigenvalue weighted by Crippen LogP contribution is -2.40. The number of carbonyl (C=O) groups excluding carboxylic acids is 1. The van der Waals surface area contributed by atoms with Gasteiger partial charge in [-0.1, -0.05) is 18.2 Å². The van der Waals surface area contributed by atoms with Gasteiger partial charge in [-0.2, -0.15) is 13.2 Å². The maximum atomic E-state index is 12.7. The molecule has 1 aromatic carbocycles. The number of likely N-dealkylation sites (tertiary alicyclic amines) is 1. The number of nitrogens with one attached hydrogen (secondary N) is 1. The SMILES string of the molecule is O=C([C@@H](O)Cc1cccc(C(F)(F)F)c1)N1CC[C@]2(CCNC2)C1. The topological polar surface area (TPSA) is 52.6 Å². The minimum atomic E-state index is -4.43. The number of amides is 1. The molecule has 3 rings (SSSR count). The third-order valence-corrected chi connectivity index (χ3v) is 5.05. The zero-order valence-electron chi connectivity index (χ0n) is 13.3. The van der Waals surface area contributed by atoms with Crippen molar-refractivity contribution in [1.82, 2.24) is 10.2 Å². The maximum Gasteiger partial charge on any atom is 0.416 e. The van der Waals surface area contributed by atoms with Gasteiger partial charge in [-0.15, -0.1) is 0 Å². The molecule has 2 aliphatic rings. The molecule has 0 saturated carbocycles. The summed E-state index contributed by atoms with van der Waals surface area (Å²) in [6.07, 6.45) is -3.92. The van der Waals surface area contributed by atoms with Crippen molar-refractivity contribution in [3.8, 4) is 0 Å². The number of alkyl halides is 3. The molecule has 0 aromatic heterocycles. The average molecular weight is 342 g/mol. The fourth-order valence-electron chi connectivity index (χ4n) is 3.66. The lowest BCUT2D eigenvalue weighted by atomic mass is 9.86. The van der Waals surface area contributed by atoms with Crippen molar-refractivity contribution in [2.75, 3.05) is 26.2 Å². The summed E-state index contributed by atoms with van der Waals surface area (Å²) < 4.78 is 38.2. The predicted octanol–water partition coefficient (Wildman–Crippen LogP) is 1.82. The quantitative estimate of drug-likeness (QED) is 0.881. The molecule has 0 aliphatic carbocycles. The molecule has 7 heteroatoms. The van der Waals surface area contributed by atoms with E-state index < -0.39 is 23.8 Å². The van der Waals surface area contributed by atoms with Crippen molar-refractivity contribution in [1.29, 1.82) is 0 Å². The van der Waals surface area contributed by atoms with Crippen LogP contribution < -0.4 is 5.32 Å². The summed E-state index contributed by atoms with van der Waals surface area (Å²) in [5.41, 5.74) is -0.357. The highest BCUT2D eigenvalue weighted by atomic mass is 19.4. The Morgan fingerprint density at radius 2 is 2.17 bits per heavy atom. The Labute approximate surface area is 138 Å². The summed E-state index contributed by atoms with van der Waals surface area (Å²) >= 11 is 0. The standard InChI is InChI=1S/C17H21F3N2O2/c18-17(19,20)13-3-1-2-12(8-13)9-14(23)15(24)22-7-5-16(11-22)4-6-21-10-16/h1-3,8,14,21,23H,4-7,9-11H2/t14-,16-/m0/s1. The number of aliphatic hydroxyl groups excluding tert-OH is 1. The molecule has 1 aromatic rings. The Hall–Kier alpha value is -1.60. The van der Waals surface area contributed by atoms with Crippen LogP contribution >= 0.6 is 0 Å². The van der Waals surface area contributed by atoms with Crippen molar-refractivity contribution < 1.29 is 23.1 Å². The fourth-order valence-corrected chi connectivity index (χ4v) is 3.66. The Kier molecular flexibility index (Phi) is 4.57. The number of halogens is 3. The first kappa shape index (κ1) is 17.2. The summed E-state index contributed by atoms with van der Waals surface area (Å²) in [4.78, 5) is 14.0. The molecule has 2 N–H and O–H groups in total. The number of hydrogen-bond acceptors (Lipinski definition) is 3. The molecule has 4 nitrogen and oxygen atoms in total. The van der Waals surface area contributed by atoms with E-state index in [2.05, 4.69) is 5.32 Å². The lowest BCUT2D eigenvalue weighted by Gasteiger charge is -2.24. The number of benzene rings is 1. The number of aliphatic hydroxyl groups is 1. The van der Waals surface area contributed by atoms with Crippen LogP contribution in [0.3, 0.4) is 0 Å². The van der Waals surface area contributed by atoms with Gasteiger partial charge in [0.2, 0.25) is 0 Å². The van der Waals surface area contributed by atoms with E-state index in [9.17, 15) is 23.1 Å². The van der Waals surface area contributed by atoms with Crippen molar-refractivity contribution >= 4 is 5.91 Å². The fraction of sp³-hybridized carbons (Fsp3) is 0.588. The largest absolute Gasteiger partial charge is 0.416 e. The van der Waals surface area contributed by atoms with Gasteiger partial charge in [0.05, 0.1) is 5.56 Å². The molecule has 2 saturated heterocycles. The molecule has 1 spiro atoms. The van der Waals surface area contributed by atoms with Crippen LogP contribution in [0.4, 0.5) is 13.2 Å². The molecule has 2 atom stereocenters. The molecular weight excluding hydrogens is 321 g/mol. The van der Waals surface area contributed by atoms with Gasteiger partial charge >= 0.3 is 6.18 Å². The Morgan fingerprint density at radius 3 is 2.83 bits per heavy atom. The maximum absolute atomic E-state index is 12.7. The van der Waals surface area contributed by atoms with Gasteiger partial charge in [0.15, 0.2) is 0 Å². The molecule has 2 aliphatic heterocycles. The monoisotopic (exact) mass is 342 g/mol. The van der Waals surface area contributed by atoms with Gasteiger partial charge in [-0.05, 0) is 31.0 Å². The summed E-state index contributed by atoms with van der Waals surface area (Å²) in [6, 6.07) is 4.76. The summed E-state index contributed by atoms with van der Waals surface area (Å²) in [7, 11) is 0. The summed E-state index contributed by atoms with van der Waals surface area (Å²) in [5.74, 6) is -0.392. The molecule has 1 amide bonds. The minimum absolute atomic E-state index is 0.103. The predicted molar refractivity (Wildman–Crippen MR) is 82.3 cm³/mol. The van der Waals surface area contributed by atoms with E-state index in [0.29, 0.717) is 18.7 Å². The van der Waals surface area contributed by atoms with E-state index in [1.165, 1.54) is 12.1 Å². The second-order valence-corrected chi connectivity index (χ2v) is 6.85. The van der Waals surface area contributed by atoms with Gasteiger partial charge in [-0.25, -0.2) is 0 Å². The molecule has 0 bridgehead atoms. The minimum Gasteiger partial charge on any atom is -0.383 e. The molecule has 132 valence electrons. The lowest BCUT2D eigenvalue weighted by molar-refractivity contribution is -0.139. The van der Waals surface area contributed by atoms with E-state index in [0.717, 1.165) is 38.1 Å². The molecule has 2 fully saturated rings. The highest BCUT2D eigenvalue weighted by Crippen LogP contribution is 2.36. The van der Waals surface area contributed by atoms with Crippen molar-refractivity contribution in [3.63, 3.8) is 0 Å². The van der Waals surface area contributed by atoms with Gasteiger partial charge < -0.3 is 15.3 Å². The Morgan fingerprint density at radius 1 is 1.38 bits per heavy atom. The normalized spacial score (nSPS) is 25.4. The van der Waals surface area contributed by atoms with Gasteiger partial charge in [0.1, 0.15) is 6.10 Å². The van der Waals surface area contributed by atoms with E-state index in [1.807, 2.05) is 0 Å². The van der Waals surface area contributed by atoms with Crippen LogP contribution in [0.2, 0.25) is 0 Å². The second kappa shape index (κ2) is 6.37. The number of carbonyl (C=O) groups is 1. The van der Waals surface area contributed by atoms with Crippen LogP contribution in [0.5, 0.6) is 0 Å². The van der Waals surface area contributed by atoms with E-state index in [-0.39, 0.29) is 11.8 Å². The van der Waals surface area contributed by atoms with Gasteiger partial charge in [0, 0.05) is 31.5 Å². The average Bonchev–Trinajstić information content (AvgIpc) is 3.16. The van der Waals surface area contributed by atoms with Gasteiger partial charge in [-0.3, -0.25) is 4.79 Å². The van der Waals surface area contributed by atoms with Crippen LogP contribution in [-0.4, -0.2) is 48.2 Å². The number of hydrogen-bond donors (Lipinski definition) is 2. The first-order valence-corrected chi connectivity index (χ1v) is 8.13. The smallest absolute Gasteiger partial charge is 0.383 e. The number of rotatable bonds is 3. The van der Waals surface area contributed by atoms with E-state index in [4.69, 9.17) is 0 Å². The summed E-state index contributed by atoms with van der Waals surface area (Å²) in [6.45, 7) is 3.02. The van der Waals surface area contributed by atoms with Gasteiger partial charge in [0.25, 0.3) is 5.91 Å². The zero-order chi connectivity index (χ0) is 17.4. The summed E-state index contributed by atoms with van der Waals surface area (Å²) in [5, 5.41) is 13.5. The molecule has 0 radical (unpaired) electrons. The first-order chi connectivity index (χ1) is 11.3. The van der Waals surface area contributed by atoms with Crippen LogP contribution in [0.1, 0.15) is 24.0 Å². The zero-order valence-corrected chi connectivity index (χ0v) is 13.3. The first-order valence-electron chi connectivity index (χ1n) is 8.13. The third kappa shape index (κ3) is 3.57. The molecule has 24 heavy (non-hydrogen) atoms. The van der Waals surface area contributed by atoms with Crippen molar-refractivity contribution in [2.45, 2.75) is 31.5 Å². The highest BCUT2D eigenvalue weighted by molar-refractivity contribution is 5.81. The molecule has 0 unspecified atom stereocenters. The Bertz CT molecular complexity index is 612. The highest BCUT2D eigenvalue weighted by Gasteiger charge is 2.42. The molecule has 2 heterocycles. The van der Waals surface area contributed by atoms with Crippen LogP contribution in [0, 0.1) is 5.41 Å². The van der Waals surface area contributed by atoms with Crippen LogP contribution in [0.15, 0.2) is 24.3 Å². The van der Waals surface area contributed by atoms with E-state index in [1.54, 1.807) is 4.90 Å². The third-order valence-electron chi connectivity index (χ3n) is 5.05. The second-order valence-electron chi connectivity index (χ2n) is 6.85. The van der Waals surface area contributed by atoms with E-state index >= 15 is 0 Å². The van der Waals surface area contributed by atoms with Crippen LogP contribution in [-0.2, 0) is 17.4 Å².